The summed E-state index contributed by atoms with van der Waals surface area (Å²) in [7, 11) is 0. The summed E-state index contributed by atoms with van der Waals surface area (Å²) >= 11 is 2.09. The predicted octanol–water partition coefficient (Wildman–Crippen LogP) is 2.27. The van der Waals surface area contributed by atoms with E-state index in [0.717, 1.165) is 18.4 Å². The third-order valence-corrected chi connectivity index (χ3v) is 4.99. The quantitative estimate of drug-likeness (QED) is 0.551. The van der Waals surface area contributed by atoms with E-state index in [4.69, 9.17) is 4.74 Å². The van der Waals surface area contributed by atoms with Crippen LogP contribution in [0.4, 0.5) is 0 Å². The Kier molecular flexibility index (Phi) is 1.34. The highest BCUT2D eigenvalue weighted by molar-refractivity contribution is 8.00. The van der Waals surface area contributed by atoms with Crippen molar-refractivity contribution in [2.45, 2.75) is 30.6 Å². The smallest absolute Gasteiger partial charge is 0.116 e. The second-order valence-electron chi connectivity index (χ2n) is 4.09. The van der Waals surface area contributed by atoms with E-state index < -0.39 is 0 Å². The molecule has 0 radical (unpaired) electrons. The number of hydrogen-bond donors (Lipinski definition) is 0. The minimum Gasteiger partial charge on any atom is -0.363 e. The fraction of sp³-hybridized carbons (Fsp3) is 1.00. The third-order valence-electron chi connectivity index (χ3n) is 3.51. The maximum absolute atomic E-state index is 5.90. The van der Waals surface area contributed by atoms with Crippen LogP contribution in [0, 0.1) is 11.8 Å². The van der Waals surface area contributed by atoms with Gasteiger partial charge in [0.15, 0.2) is 0 Å². The van der Waals surface area contributed by atoms with Gasteiger partial charge in [-0.2, -0.15) is 0 Å². The average Bonchev–Trinajstić information content (AvgIpc) is 2.64. The third kappa shape index (κ3) is 0.829. The molecular weight excluding hydrogens is 156 g/mol. The zero-order chi connectivity index (χ0) is 7.31. The molecule has 2 aliphatic carbocycles. The van der Waals surface area contributed by atoms with Crippen molar-refractivity contribution in [2.75, 3.05) is 12.4 Å². The first kappa shape index (κ1) is 6.79. The number of fused-ring (bicyclic) bond motifs is 3. The van der Waals surface area contributed by atoms with Crippen molar-refractivity contribution < 1.29 is 4.74 Å². The van der Waals surface area contributed by atoms with E-state index in [9.17, 15) is 0 Å². The van der Waals surface area contributed by atoms with Crippen LogP contribution < -0.4 is 0 Å². The van der Waals surface area contributed by atoms with Gasteiger partial charge in [-0.05, 0) is 37.5 Å². The van der Waals surface area contributed by atoms with Crippen molar-refractivity contribution in [3.63, 3.8) is 0 Å². The molecule has 1 heterocycles. The fourth-order valence-corrected chi connectivity index (χ4v) is 4.54. The molecule has 62 valence electrons. The van der Waals surface area contributed by atoms with Gasteiger partial charge in [0, 0.05) is 5.75 Å². The van der Waals surface area contributed by atoms with Crippen molar-refractivity contribution in [1.29, 1.82) is 0 Å². The van der Waals surface area contributed by atoms with Crippen LogP contribution in [0.15, 0.2) is 0 Å². The highest BCUT2D eigenvalue weighted by Gasteiger charge is 2.53. The standard InChI is InChI=1S/C9H14OS/c1-2-8-5-7(1)6-9(8)10-3-4-11-9/h7-8H,1-6H2. The number of hydrogen-bond acceptors (Lipinski definition) is 2. The van der Waals surface area contributed by atoms with E-state index >= 15 is 0 Å². The summed E-state index contributed by atoms with van der Waals surface area (Å²) < 4.78 is 5.90. The molecule has 1 aliphatic heterocycles. The van der Waals surface area contributed by atoms with Gasteiger partial charge in [0.2, 0.25) is 0 Å². The topological polar surface area (TPSA) is 9.23 Å². The van der Waals surface area contributed by atoms with Gasteiger partial charge >= 0.3 is 0 Å². The van der Waals surface area contributed by atoms with E-state index in [2.05, 4.69) is 11.8 Å². The van der Waals surface area contributed by atoms with Gasteiger partial charge in [-0.3, -0.25) is 0 Å². The summed E-state index contributed by atoms with van der Waals surface area (Å²) in [5.41, 5.74) is 0. The molecule has 1 saturated heterocycles. The normalized spacial score (nSPS) is 54.5. The summed E-state index contributed by atoms with van der Waals surface area (Å²) in [6.07, 6.45) is 5.75. The molecule has 0 N–H and O–H groups in total. The minimum absolute atomic E-state index is 0.322. The van der Waals surface area contributed by atoms with Crippen molar-refractivity contribution in [3.8, 4) is 0 Å². The molecule has 3 atom stereocenters. The van der Waals surface area contributed by atoms with Crippen molar-refractivity contribution in [3.05, 3.63) is 0 Å². The second-order valence-corrected chi connectivity index (χ2v) is 5.48. The van der Waals surface area contributed by atoms with Crippen LogP contribution >= 0.6 is 11.8 Å². The lowest BCUT2D eigenvalue weighted by atomic mass is 9.97. The number of ether oxygens (including phenoxy) is 1. The molecule has 0 aromatic heterocycles. The van der Waals surface area contributed by atoms with E-state index in [0.29, 0.717) is 4.93 Å². The lowest BCUT2D eigenvalue weighted by molar-refractivity contribution is 0.0107. The molecule has 0 aromatic carbocycles. The van der Waals surface area contributed by atoms with Gasteiger partial charge in [0.1, 0.15) is 4.93 Å². The molecule has 3 unspecified atom stereocenters. The highest BCUT2D eigenvalue weighted by Crippen LogP contribution is 2.59. The van der Waals surface area contributed by atoms with E-state index in [1.54, 1.807) is 0 Å². The van der Waals surface area contributed by atoms with Crippen LogP contribution in [0.2, 0.25) is 0 Å². The molecule has 0 aromatic rings. The maximum Gasteiger partial charge on any atom is 0.116 e. The Bertz CT molecular complexity index is 174. The summed E-state index contributed by atoms with van der Waals surface area (Å²) in [5, 5.41) is 0. The molecule has 2 heteroatoms. The minimum atomic E-state index is 0.322. The van der Waals surface area contributed by atoms with E-state index in [1.165, 1.54) is 31.4 Å². The predicted molar refractivity (Wildman–Crippen MR) is 46.6 cm³/mol. The molecule has 2 saturated carbocycles. The molecule has 1 spiro atoms. The number of thioether (sulfide) groups is 1. The van der Waals surface area contributed by atoms with Gasteiger partial charge in [-0.1, -0.05) is 0 Å². The lowest BCUT2D eigenvalue weighted by Gasteiger charge is -2.31. The highest BCUT2D eigenvalue weighted by atomic mass is 32.2. The Morgan fingerprint density at radius 2 is 2.36 bits per heavy atom. The molecule has 3 rings (SSSR count). The lowest BCUT2D eigenvalue weighted by Crippen LogP contribution is -2.30. The Labute approximate surface area is 71.9 Å². The molecular formula is C9H14OS. The van der Waals surface area contributed by atoms with Gasteiger partial charge in [-0.15, -0.1) is 11.8 Å². The summed E-state index contributed by atoms with van der Waals surface area (Å²) in [5.74, 6) is 3.18. The SMILES string of the molecule is C1CSC2(CC3CCC2C3)O1. The van der Waals surface area contributed by atoms with Crippen LogP contribution in [0.3, 0.4) is 0 Å². The molecule has 2 bridgehead atoms. The van der Waals surface area contributed by atoms with Gasteiger partial charge in [-0.25, -0.2) is 0 Å². The Hall–Kier alpha value is 0.310. The monoisotopic (exact) mass is 170 g/mol. The molecule has 0 amide bonds. The van der Waals surface area contributed by atoms with Crippen LogP contribution in [0.5, 0.6) is 0 Å². The van der Waals surface area contributed by atoms with Crippen LogP contribution in [0.1, 0.15) is 25.7 Å². The Balaban J connectivity index is 1.88. The number of rotatable bonds is 0. The van der Waals surface area contributed by atoms with Gasteiger partial charge < -0.3 is 4.74 Å². The first-order chi connectivity index (χ1) is 5.39. The molecule has 3 fully saturated rings. The molecule has 11 heavy (non-hydrogen) atoms. The first-order valence-electron chi connectivity index (χ1n) is 4.67. The van der Waals surface area contributed by atoms with Crippen LogP contribution in [0.25, 0.3) is 0 Å². The average molecular weight is 170 g/mol. The Morgan fingerprint density at radius 3 is 2.91 bits per heavy atom. The van der Waals surface area contributed by atoms with Crippen molar-refractivity contribution >= 4 is 11.8 Å². The van der Waals surface area contributed by atoms with Gasteiger partial charge in [0.25, 0.3) is 0 Å². The second kappa shape index (κ2) is 2.17. The van der Waals surface area contributed by atoms with Crippen molar-refractivity contribution in [2.24, 2.45) is 11.8 Å². The zero-order valence-electron chi connectivity index (χ0n) is 6.71. The zero-order valence-corrected chi connectivity index (χ0v) is 7.53. The fourth-order valence-electron chi connectivity index (χ4n) is 3.05. The summed E-state index contributed by atoms with van der Waals surface area (Å²) in [6, 6.07) is 0. The summed E-state index contributed by atoms with van der Waals surface area (Å²) in [4.78, 5) is 0.322. The molecule has 1 nitrogen and oxygen atoms in total. The van der Waals surface area contributed by atoms with E-state index in [-0.39, 0.29) is 0 Å². The van der Waals surface area contributed by atoms with E-state index in [1.807, 2.05) is 0 Å². The van der Waals surface area contributed by atoms with Crippen molar-refractivity contribution in [1.82, 2.24) is 0 Å². The molecule has 3 aliphatic rings. The van der Waals surface area contributed by atoms with Crippen LogP contribution in [-0.4, -0.2) is 17.3 Å². The van der Waals surface area contributed by atoms with Crippen LogP contribution in [-0.2, 0) is 4.74 Å². The summed E-state index contributed by atoms with van der Waals surface area (Å²) in [6.45, 7) is 1.01. The Morgan fingerprint density at radius 1 is 1.36 bits per heavy atom. The first-order valence-corrected chi connectivity index (χ1v) is 5.65. The largest absolute Gasteiger partial charge is 0.363 e. The maximum atomic E-state index is 5.90. The van der Waals surface area contributed by atoms with Gasteiger partial charge in [0.05, 0.1) is 6.61 Å².